The van der Waals surface area contributed by atoms with Crippen molar-refractivity contribution in [1.82, 2.24) is 0 Å². The molecule has 1 aliphatic heterocycles. The van der Waals surface area contributed by atoms with E-state index in [0.29, 0.717) is 17.1 Å². The normalized spacial score (nSPS) is 34.2. The molecule has 1 amide bonds. The molecule has 0 aromatic heterocycles. The SMILES string of the molecule is CC(C)c1ccc([C@@H]2SCC(=O)N2c2ccc(C34CC5CC(CC(C5)C3)C4)cc2)cc1. The van der Waals surface area contributed by atoms with Crippen LogP contribution in [-0.2, 0) is 10.2 Å². The fraction of sp³-hybridized carbons (Fsp3) is 0.536. The van der Waals surface area contributed by atoms with Gasteiger partial charge >= 0.3 is 0 Å². The monoisotopic (exact) mass is 431 g/mol. The van der Waals surface area contributed by atoms with Crippen LogP contribution in [-0.4, -0.2) is 11.7 Å². The van der Waals surface area contributed by atoms with Crippen molar-refractivity contribution in [3.63, 3.8) is 0 Å². The molecule has 2 aromatic carbocycles. The second-order valence-electron chi connectivity index (χ2n) is 11.0. The first-order chi connectivity index (χ1) is 15.0. The summed E-state index contributed by atoms with van der Waals surface area (Å²) in [6.45, 7) is 4.45. The number of thioether (sulfide) groups is 1. The summed E-state index contributed by atoms with van der Waals surface area (Å²) in [7, 11) is 0. The maximum atomic E-state index is 12.8. The minimum atomic E-state index is 0.0825. The number of anilines is 1. The molecular formula is C28H33NOS. The Morgan fingerprint density at radius 2 is 1.45 bits per heavy atom. The molecule has 0 N–H and O–H groups in total. The number of benzene rings is 2. The Morgan fingerprint density at radius 3 is 2.00 bits per heavy atom. The van der Waals surface area contributed by atoms with Crippen LogP contribution in [0, 0.1) is 17.8 Å². The Bertz CT molecular complexity index is 942. The van der Waals surface area contributed by atoms with Crippen molar-refractivity contribution >= 4 is 23.4 Å². The van der Waals surface area contributed by atoms with Crippen LogP contribution >= 0.6 is 11.8 Å². The number of amides is 1. The Kier molecular flexibility index (Phi) is 4.75. The van der Waals surface area contributed by atoms with Gasteiger partial charge in [-0.3, -0.25) is 9.69 Å². The lowest BCUT2D eigenvalue weighted by atomic mass is 9.48. The third-order valence-corrected chi connectivity index (χ3v) is 9.76. The van der Waals surface area contributed by atoms with Crippen LogP contribution in [0.25, 0.3) is 0 Å². The van der Waals surface area contributed by atoms with Gasteiger partial charge in [0.05, 0.1) is 5.75 Å². The second-order valence-corrected chi connectivity index (χ2v) is 12.1. The minimum absolute atomic E-state index is 0.0825. The van der Waals surface area contributed by atoms with Gasteiger partial charge in [0, 0.05) is 5.69 Å². The van der Waals surface area contributed by atoms with Crippen LogP contribution in [0.2, 0.25) is 0 Å². The molecule has 4 bridgehead atoms. The Hall–Kier alpha value is -1.74. The molecule has 1 heterocycles. The van der Waals surface area contributed by atoms with Gasteiger partial charge < -0.3 is 0 Å². The molecule has 3 heteroatoms. The van der Waals surface area contributed by atoms with Crippen molar-refractivity contribution in [2.75, 3.05) is 10.7 Å². The fourth-order valence-corrected chi connectivity index (χ4v) is 8.61. The molecule has 2 nitrogen and oxygen atoms in total. The van der Waals surface area contributed by atoms with E-state index in [-0.39, 0.29) is 11.3 Å². The van der Waals surface area contributed by atoms with Crippen LogP contribution in [0.15, 0.2) is 48.5 Å². The summed E-state index contributed by atoms with van der Waals surface area (Å²) in [4.78, 5) is 14.9. The van der Waals surface area contributed by atoms with Crippen molar-refractivity contribution in [3.05, 3.63) is 65.2 Å². The molecule has 4 aliphatic carbocycles. The molecule has 4 saturated carbocycles. The average molecular weight is 432 g/mol. The van der Waals surface area contributed by atoms with Crippen LogP contribution in [0.1, 0.15) is 80.4 Å². The van der Waals surface area contributed by atoms with E-state index in [9.17, 15) is 4.79 Å². The predicted octanol–water partition coefficient (Wildman–Crippen LogP) is 7.06. The van der Waals surface area contributed by atoms with E-state index in [0.717, 1.165) is 23.4 Å². The average Bonchev–Trinajstić information content (AvgIpc) is 3.14. The molecule has 2 aromatic rings. The lowest BCUT2D eigenvalue weighted by Crippen LogP contribution is -2.48. The van der Waals surface area contributed by atoms with Crippen LogP contribution < -0.4 is 4.90 Å². The van der Waals surface area contributed by atoms with Crippen molar-refractivity contribution < 1.29 is 4.79 Å². The van der Waals surface area contributed by atoms with E-state index in [2.05, 4.69) is 62.4 Å². The van der Waals surface area contributed by atoms with Gasteiger partial charge in [0.2, 0.25) is 5.91 Å². The molecule has 31 heavy (non-hydrogen) atoms. The highest BCUT2D eigenvalue weighted by Gasteiger charge is 2.51. The van der Waals surface area contributed by atoms with E-state index >= 15 is 0 Å². The molecular weight excluding hydrogens is 398 g/mol. The highest BCUT2D eigenvalue weighted by molar-refractivity contribution is 8.00. The maximum Gasteiger partial charge on any atom is 0.238 e. The van der Waals surface area contributed by atoms with Gasteiger partial charge in [0.15, 0.2) is 0 Å². The molecule has 0 radical (unpaired) electrons. The minimum Gasteiger partial charge on any atom is -0.295 e. The Labute approximate surface area is 190 Å². The Morgan fingerprint density at radius 1 is 0.871 bits per heavy atom. The molecule has 0 unspecified atom stereocenters. The lowest BCUT2D eigenvalue weighted by Gasteiger charge is -2.57. The summed E-state index contributed by atoms with van der Waals surface area (Å²) >= 11 is 1.75. The zero-order chi connectivity index (χ0) is 21.2. The van der Waals surface area contributed by atoms with Gasteiger partial charge in [-0.05, 0) is 96.4 Å². The quantitative estimate of drug-likeness (QED) is 0.516. The molecule has 1 atom stereocenters. The van der Waals surface area contributed by atoms with E-state index in [4.69, 9.17) is 0 Å². The van der Waals surface area contributed by atoms with Gasteiger partial charge in [0.1, 0.15) is 5.37 Å². The summed E-state index contributed by atoms with van der Waals surface area (Å²) in [5, 5.41) is 0.0825. The smallest absolute Gasteiger partial charge is 0.238 e. The molecule has 1 saturated heterocycles. The third-order valence-electron chi connectivity index (χ3n) is 8.55. The van der Waals surface area contributed by atoms with E-state index in [1.165, 1.54) is 55.2 Å². The summed E-state index contributed by atoms with van der Waals surface area (Å²) in [5.74, 6) is 4.19. The largest absolute Gasteiger partial charge is 0.295 e. The van der Waals surface area contributed by atoms with Gasteiger partial charge in [-0.2, -0.15) is 0 Å². The van der Waals surface area contributed by atoms with Crippen LogP contribution in [0.4, 0.5) is 5.69 Å². The van der Waals surface area contributed by atoms with Crippen LogP contribution in [0.5, 0.6) is 0 Å². The first-order valence-electron chi connectivity index (χ1n) is 12.1. The van der Waals surface area contributed by atoms with Gasteiger partial charge in [-0.25, -0.2) is 0 Å². The summed E-state index contributed by atoms with van der Waals surface area (Å²) in [6.07, 6.45) is 8.61. The fourth-order valence-electron chi connectivity index (χ4n) is 7.44. The number of carbonyl (C=O) groups excluding carboxylic acids is 1. The predicted molar refractivity (Wildman–Crippen MR) is 130 cm³/mol. The number of rotatable bonds is 4. The topological polar surface area (TPSA) is 20.3 Å². The highest BCUT2D eigenvalue weighted by atomic mass is 32.2. The first kappa shape index (κ1) is 19.9. The zero-order valence-corrected chi connectivity index (χ0v) is 19.5. The molecule has 5 fully saturated rings. The first-order valence-corrected chi connectivity index (χ1v) is 13.2. The number of carbonyl (C=O) groups is 1. The van der Waals surface area contributed by atoms with E-state index < -0.39 is 0 Å². The van der Waals surface area contributed by atoms with Gasteiger partial charge in [0.25, 0.3) is 0 Å². The lowest BCUT2D eigenvalue weighted by molar-refractivity contribution is -0.115. The number of nitrogens with zero attached hydrogens (tertiary/aromatic N) is 1. The molecule has 162 valence electrons. The summed E-state index contributed by atoms with van der Waals surface area (Å²) in [6, 6.07) is 18.0. The second kappa shape index (κ2) is 7.40. The summed E-state index contributed by atoms with van der Waals surface area (Å²) < 4.78 is 0. The standard InChI is InChI=1S/C28H33NOS/c1-18(2)22-3-5-23(6-4-22)27-29(26(30)17-31-27)25-9-7-24(8-10-25)28-14-19-11-20(15-28)13-21(12-19)16-28/h3-10,18-21,27H,11-17H2,1-2H3/t19?,20?,21?,27-,28?/m0/s1. The number of hydrogen-bond acceptors (Lipinski definition) is 2. The summed E-state index contributed by atoms with van der Waals surface area (Å²) in [5.41, 5.74) is 5.59. The van der Waals surface area contributed by atoms with Crippen molar-refractivity contribution in [2.24, 2.45) is 17.8 Å². The van der Waals surface area contributed by atoms with Crippen molar-refractivity contribution in [1.29, 1.82) is 0 Å². The number of hydrogen-bond donors (Lipinski definition) is 0. The highest BCUT2D eigenvalue weighted by Crippen LogP contribution is 2.60. The Balaban J connectivity index is 1.27. The van der Waals surface area contributed by atoms with Crippen molar-refractivity contribution in [3.8, 4) is 0 Å². The van der Waals surface area contributed by atoms with Gasteiger partial charge in [-0.1, -0.05) is 50.2 Å². The van der Waals surface area contributed by atoms with Crippen molar-refractivity contribution in [2.45, 2.75) is 69.1 Å². The molecule has 5 aliphatic rings. The van der Waals surface area contributed by atoms with E-state index in [1.807, 2.05) is 4.90 Å². The van der Waals surface area contributed by atoms with Crippen LogP contribution in [0.3, 0.4) is 0 Å². The zero-order valence-electron chi connectivity index (χ0n) is 18.7. The third kappa shape index (κ3) is 3.35. The maximum absolute atomic E-state index is 12.8. The van der Waals surface area contributed by atoms with E-state index in [1.54, 1.807) is 11.8 Å². The molecule has 7 rings (SSSR count). The molecule has 0 spiro atoms. The van der Waals surface area contributed by atoms with Gasteiger partial charge in [-0.15, -0.1) is 11.8 Å².